The Labute approximate surface area is 126 Å². The van der Waals surface area contributed by atoms with Crippen molar-refractivity contribution in [3.8, 4) is 0 Å². The summed E-state index contributed by atoms with van der Waals surface area (Å²) in [6.07, 6.45) is 3.08. The van der Waals surface area contributed by atoms with E-state index in [2.05, 4.69) is 10.6 Å². The molecular formula is C15H19F3N2O2. The van der Waals surface area contributed by atoms with Crippen LogP contribution < -0.4 is 10.6 Å². The maximum atomic E-state index is 13.2. The number of benzene rings is 1. The average molecular weight is 316 g/mol. The second-order valence-corrected chi connectivity index (χ2v) is 5.71. The van der Waals surface area contributed by atoms with Gasteiger partial charge in [-0.25, -0.2) is 18.0 Å². The molecule has 0 spiro atoms. The summed E-state index contributed by atoms with van der Waals surface area (Å²) in [6, 6.07) is -0.0348. The lowest BCUT2D eigenvalue weighted by molar-refractivity contribution is 0.214. The smallest absolute Gasteiger partial charge is 0.315 e. The molecule has 122 valence electrons. The van der Waals surface area contributed by atoms with Crippen LogP contribution in [0.5, 0.6) is 0 Å². The molecular weight excluding hydrogens is 297 g/mol. The SMILES string of the molecule is CCC1(CNC(=O)NC(CO)c2cc(F)c(F)c(F)c2)CC1. The molecule has 4 nitrogen and oxygen atoms in total. The Kier molecular flexibility index (Phi) is 4.95. The fourth-order valence-electron chi connectivity index (χ4n) is 2.32. The van der Waals surface area contributed by atoms with Crippen LogP contribution in [0.15, 0.2) is 12.1 Å². The molecule has 1 unspecified atom stereocenters. The van der Waals surface area contributed by atoms with E-state index in [4.69, 9.17) is 0 Å². The second kappa shape index (κ2) is 6.56. The fourth-order valence-corrected chi connectivity index (χ4v) is 2.32. The summed E-state index contributed by atoms with van der Waals surface area (Å²) in [5.74, 6) is -4.30. The minimum absolute atomic E-state index is 0.0364. The summed E-state index contributed by atoms with van der Waals surface area (Å²) in [5, 5.41) is 14.4. The minimum Gasteiger partial charge on any atom is -0.394 e. The molecule has 1 fully saturated rings. The van der Waals surface area contributed by atoms with E-state index >= 15 is 0 Å². The second-order valence-electron chi connectivity index (χ2n) is 5.71. The Bertz CT molecular complexity index is 539. The van der Waals surface area contributed by atoms with E-state index in [1.165, 1.54) is 0 Å². The van der Waals surface area contributed by atoms with Crippen LogP contribution in [0.25, 0.3) is 0 Å². The molecule has 1 atom stereocenters. The van der Waals surface area contributed by atoms with Crippen molar-refractivity contribution < 1.29 is 23.1 Å². The number of amides is 2. The zero-order chi connectivity index (χ0) is 16.3. The number of hydrogen-bond acceptors (Lipinski definition) is 2. The van der Waals surface area contributed by atoms with Crippen LogP contribution in [0.3, 0.4) is 0 Å². The molecule has 1 aliphatic rings. The number of nitrogens with one attached hydrogen (secondary N) is 2. The van der Waals surface area contributed by atoms with Gasteiger partial charge in [-0.05, 0) is 42.4 Å². The van der Waals surface area contributed by atoms with Gasteiger partial charge in [-0.15, -0.1) is 0 Å². The number of halogens is 3. The highest BCUT2D eigenvalue weighted by atomic mass is 19.2. The van der Waals surface area contributed by atoms with E-state index in [9.17, 15) is 23.1 Å². The monoisotopic (exact) mass is 316 g/mol. The van der Waals surface area contributed by atoms with Crippen molar-refractivity contribution in [2.24, 2.45) is 5.41 Å². The Morgan fingerprint density at radius 1 is 1.32 bits per heavy atom. The summed E-state index contributed by atoms with van der Waals surface area (Å²) in [7, 11) is 0. The fraction of sp³-hybridized carbons (Fsp3) is 0.533. The Morgan fingerprint density at radius 2 is 1.91 bits per heavy atom. The van der Waals surface area contributed by atoms with Crippen molar-refractivity contribution in [2.45, 2.75) is 32.2 Å². The predicted molar refractivity (Wildman–Crippen MR) is 74.6 cm³/mol. The van der Waals surface area contributed by atoms with Crippen LogP contribution in [0.4, 0.5) is 18.0 Å². The summed E-state index contributed by atoms with van der Waals surface area (Å²) in [4.78, 5) is 11.8. The van der Waals surface area contributed by atoms with Gasteiger partial charge in [0.1, 0.15) is 0 Å². The summed E-state index contributed by atoms with van der Waals surface area (Å²) in [6.45, 7) is 2.00. The van der Waals surface area contributed by atoms with Crippen molar-refractivity contribution in [1.29, 1.82) is 0 Å². The summed E-state index contributed by atoms with van der Waals surface area (Å²) in [5.41, 5.74) is 0.117. The molecule has 3 N–H and O–H groups in total. The van der Waals surface area contributed by atoms with Crippen molar-refractivity contribution in [2.75, 3.05) is 13.2 Å². The van der Waals surface area contributed by atoms with Crippen LogP contribution >= 0.6 is 0 Å². The Morgan fingerprint density at radius 3 is 2.36 bits per heavy atom. The van der Waals surface area contributed by atoms with Gasteiger partial charge in [0.05, 0.1) is 12.6 Å². The molecule has 1 saturated carbocycles. The molecule has 0 saturated heterocycles. The van der Waals surface area contributed by atoms with Crippen LogP contribution in [0.1, 0.15) is 37.8 Å². The van der Waals surface area contributed by atoms with Gasteiger partial charge in [0, 0.05) is 6.54 Å². The summed E-state index contributed by atoms with van der Waals surface area (Å²) >= 11 is 0. The zero-order valence-corrected chi connectivity index (χ0v) is 12.3. The molecule has 0 heterocycles. The van der Waals surface area contributed by atoms with Crippen LogP contribution in [0.2, 0.25) is 0 Å². The number of aliphatic hydroxyl groups is 1. The van der Waals surface area contributed by atoms with Gasteiger partial charge in [0.25, 0.3) is 0 Å². The van der Waals surface area contributed by atoms with Gasteiger partial charge in [-0.3, -0.25) is 0 Å². The van der Waals surface area contributed by atoms with Gasteiger partial charge in [0.2, 0.25) is 0 Å². The summed E-state index contributed by atoms with van der Waals surface area (Å²) < 4.78 is 39.3. The van der Waals surface area contributed by atoms with Crippen molar-refractivity contribution in [3.63, 3.8) is 0 Å². The van der Waals surface area contributed by atoms with E-state index in [0.717, 1.165) is 31.4 Å². The minimum atomic E-state index is -1.58. The Balaban J connectivity index is 1.98. The first-order chi connectivity index (χ1) is 10.4. The van der Waals surface area contributed by atoms with E-state index in [1.807, 2.05) is 6.92 Å². The average Bonchev–Trinajstić information content (AvgIpc) is 3.28. The quantitative estimate of drug-likeness (QED) is 0.707. The third-order valence-corrected chi connectivity index (χ3v) is 4.23. The maximum Gasteiger partial charge on any atom is 0.315 e. The topological polar surface area (TPSA) is 61.4 Å². The normalized spacial score (nSPS) is 17.0. The molecule has 1 aliphatic carbocycles. The largest absolute Gasteiger partial charge is 0.394 e. The predicted octanol–water partition coefficient (Wildman–Crippen LogP) is 2.63. The highest BCUT2D eigenvalue weighted by Gasteiger charge is 2.40. The first kappa shape index (κ1) is 16.6. The third-order valence-electron chi connectivity index (χ3n) is 4.23. The van der Waals surface area contributed by atoms with Crippen LogP contribution in [0, 0.1) is 22.9 Å². The van der Waals surface area contributed by atoms with Crippen molar-refractivity contribution in [1.82, 2.24) is 10.6 Å². The molecule has 0 radical (unpaired) electrons. The lowest BCUT2D eigenvalue weighted by Gasteiger charge is -2.19. The first-order valence-corrected chi connectivity index (χ1v) is 7.20. The third kappa shape index (κ3) is 3.71. The molecule has 22 heavy (non-hydrogen) atoms. The van der Waals surface area contributed by atoms with Crippen molar-refractivity contribution >= 4 is 6.03 Å². The molecule has 1 aromatic carbocycles. The van der Waals surface area contributed by atoms with Crippen molar-refractivity contribution in [3.05, 3.63) is 35.1 Å². The zero-order valence-electron chi connectivity index (χ0n) is 12.3. The molecule has 2 rings (SSSR count). The number of rotatable bonds is 6. The highest BCUT2D eigenvalue weighted by molar-refractivity contribution is 5.74. The number of urea groups is 1. The maximum absolute atomic E-state index is 13.2. The van der Waals surface area contributed by atoms with E-state index in [-0.39, 0.29) is 11.0 Å². The Hall–Kier alpha value is -1.76. The number of carbonyl (C=O) groups is 1. The van der Waals surface area contributed by atoms with E-state index in [1.54, 1.807) is 0 Å². The van der Waals surface area contributed by atoms with Gasteiger partial charge in [0.15, 0.2) is 17.5 Å². The van der Waals surface area contributed by atoms with Crippen LogP contribution in [-0.2, 0) is 0 Å². The number of aliphatic hydroxyl groups excluding tert-OH is 1. The molecule has 7 heteroatoms. The lowest BCUT2D eigenvalue weighted by atomic mass is 10.0. The standard InChI is InChI=1S/C15H19F3N2O2/c1-2-15(3-4-15)8-19-14(22)20-12(7-21)9-5-10(16)13(18)11(17)6-9/h5-6,12,21H,2-4,7-8H2,1H3,(H2,19,20,22). The molecule has 0 aromatic heterocycles. The van der Waals surface area contributed by atoms with Crippen LogP contribution in [-0.4, -0.2) is 24.3 Å². The van der Waals surface area contributed by atoms with Gasteiger partial charge in [-0.1, -0.05) is 6.92 Å². The lowest BCUT2D eigenvalue weighted by Crippen LogP contribution is -2.41. The van der Waals surface area contributed by atoms with E-state index < -0.39 is 36.1 Å². The number of carbonyl (C=O) groups excluding carboxylic acids is 1. The molecule has 0 bridgehead atoms. The first-order valence-electron chi connectivity index (χ1n) is 7.20. The van der Waals surface area contributed by atoms with Gasteiger partial charge < -0.3 is 15.7 Å². The highest BCUT2D eigenvalue weighted by Crippen LogP contribution is 2.47. The van der Waals surface area contributed by atoms with Gasteiger partial charge in [-0.2, -0.15) is 0 Å². The number of hydrogen-bond donors (Lipinski definition) is 3. The van der Waals surface area contributed by atoms with E-state index in [0.29, 0.717) is 6.54 Å². The van der Waals surface area contributed by atoms with Gasteiger partial charge >= 0.3 is 6.03 Å². The molecule has 1 aromatic rings. The molecule has 0 aliphatic heterocycles. The molecule has 2 amide bonds.